The minimum Gasteiger partial charge on any atom is -0.428 e. The van der Waals surface area contributed by atoms with Gasteiger partial charge in [0.25, 0.3) is 11.2 Å². The van der Waals surface area contributed by atoms with Crippen LogP contribution in [0.1, 0.15) is 41.9 Å². The van der Waals surface area contributed by atoms with Crippen LogP contribution in [0.15, 0.2) is 40.2 Å². The zero-order chi connectivity index (χ0) is 26.0. The van der Waals surface area contributed by atoms with E-state index in [-0.39, 0.29) is 22.0 Å². The fourth-order valence-electron chi connectivity index (χ4n) is 3.89. The molecule has 1 aliphatic heterocycles. The normalized spacial score (nSPS) is 15.1. The van der Waals surface area contributed by atoms with Crippen molar-refractivity contribution in [3.63, 3.8) is 0 Å². The lowest BCUT2D eigenvalue weighted by atomic mass is 10.0. The molecular weight excluding hydrogens is 483 g/mol. The molecule has 0 N–H and O–H groups in total. The van der Waals surface area contributed by atoms with Crippen LogP contribution in [0.5, 0.6) is 0 Å². The number of hydrogen-bond donors (Lipinski definition) is 0. The van der Waals surface area contributed by atoms with Gasteiger partial charge in [-0.2, -0.15) is 4.39 Å². The Bertz CT molecular complexity index is 1490. The first kappa shape index (κ1) is 24.7. The van der Waals surface area contributed by atoms with Crippen LogP contribution in [0.2, 0.25) is 0 Å². The van der Waals surface area contributed by atoms with E-state index in [1.807, 2.05) is 0 Å². The lowest BCUT2D eigenvalue weighted by Crippen LogP contribution is -2.42. The molecule has 2 aromatic heterocycles. The van der Waals surface area contributed by atoms with Gasteiger partial charge in [-0.25, -0.2) is 9.59 Å². The number of nitro benzene ring substituents is 1. The summed E-state index contributed by atoms with van der Waals surface area (Å²) in [6.45, 7) is 0.0442. The molecule has 0 radical (unpaired) electrons. The maximum absolute atomic E-state index is 14.5. The van der Waals surface area contributed by atoms with Gasteiger partial charge in [-0.1, -0.05) is 6.07 Å². The van der Waals surface area contributed by atoms with Crippen molar-refractivity contribution < 1.29 is 33.1 Å². The fourth-order valence-corrected chi connectivity index (χ4v) is 3.89. The molecule has 36 heavy (non-hydrogen) atoms. The summed E-state index contributed by atoms with van der Waals surface area (Å²) in [7, 11) is 0. The van der Waals surface area contributed by atoms with E-state index in [2.05, 4.69) is 9.72 Å². The minimum absolute atomic E-state index is 0.0784. The van der Waals surface area contributed by atoms with Crippen molar-refractivity contribution in [2.24, 2.45) is 0 Å². The van der Waals surface area contributed by atoms with Gasteiger partial charge in [0.1, 0.15) is 6.23 Å². The van der Waals surface area contributed by atoms with E-state index < -0.39 is 59.2 Å². The summed E-state index contributed by atoms with van der Waals surface area (Å²) < 4.78 is 30.8. The molecule has 4 rings (SSSR count). The van der Waals surface area contributed by atoms with E-state index in [0.717, 1.165) is 23.8 Å². The highest BCUT2D eigenvalue weighted by molar-refractivity contribution is 6.05. The number of rotatable bonds is 7. The molecule has 188 valence electrons. The van der Waals surface area contributed by atoms with Gasteiger partial charge in [0.05, 0.1) is 34.3 Å². The van der Waals surface area contributed by atoms with Crippen LogP contribution in [0, 0.1) is 15.9 Å². The highest BCUT2D eigenvalue weighted by Crippen LogP contribution is 2.31. The van der Waals surface area contributed by atoms with Crippen LogP contribution in [0.4, 0.5) is 10.1 Å². The van der Waals surface area contributed by atoms with Crippen molar-refractivity contribution in [3.8, 4) is 0 Å². The van der Waals surface area contributed by atoms with E-state index in [4.69, 9.17) is 9.47 Å². The summed E-state index contributed by atoms with van der Waals surface area (Å²) in [5.74, 6) is -2.98. The van der Waals surface area contributed by atoms with Crippen molar-refractivity contribution in [1.82, 2.24) is 14.1 Å². The second-order valence-corrected chi connectivity index (χ2v) is 7.79. The molecule has 1 unspecified atom stereocenters. The van der Waals surface area contributed by atoms with E-state index in [1.165, 1.54) is 18.3 Å². The van der Waals surface area contributed by atoms with E-state index in [0.29, 0.717) is 24.0 Å². The topological polar surface area (TPSA) is 162 Å². The van der Waals surface area contributed by atoms with Crippen LogP contribution in [-0.2, 0) is 25.5 Å². The number of aromatic nitrogens is 3. The predicted octanol–water partition coefficient (Wildman–Crippen LogP) is 1.64. The number of nitrogens with zero attached hydrogens (tertiary/aromatic N) is 4. The zero-order valence-electron chi connectivity index (χ0n) is 18.8. The van der Waals surface area contributed by atoms with Crippen LogP contribution in [0.3, 0.4) is 0 Å². The molecule has 14 heteroatoms. The molecule has 0 spiro atoms. The van der Waals surface area contributed by atoms with Gasteiger partial charge in [0.2, 0.25) is 12.6 Å². The Labute approximate surface area is 200 Å². The Morgan fingerprint density at radius 3 is 2.78 bits per heavy atom. The summed E-state index contributed by atoms with van der Waals surface area (Å²) >= 11 is 0. The first-order valence-electron chi connectivity index (χ1n) is 10.7. The largest absolute Gasteiger partial charge is 0.428 e. The molecule has 13 nitrogen and oxygen atoms in total. The predicted molar refractivity (Wildman–Crippen MR) is 119 cm³/mol. The van der Waals surface area contributed by atoms with Gasteiger partial charge < -0.3 is 14.2 Å². The fraction of sp³-hybridized carbons (Fsp3) is 0.318. The van der Waals surface area contributed by atoms with Gasteiger partial charge in [-0.3, -0.25) is 33.8 Å². The quantitative estimate of drug-likeness (QED) is 0.201. The number of pyridine rings is 1. The number of nitro groups is 1. The number of hydrogen-bond acceptors (Lipinski definition) is 10. The number of benzene rings is 1. The number of carbonyl (C=O) groups is 2. The van der Waals surface area contributed by atoms with Gasteiger partial charge in [0, 0.05) is 31.2 Å². The smallest absolute Gasteiger partial charge is 0.341 e. The molecule has 1 fully saturated rings. The van der Waals surface area contributed by atoms with Crippen molar-refractivity contribution in [1.29, 1.82) is 0 Å². The first-order valence-corrected chi connectivity index (χ1v) is 10.7. The Kier molecular flexibility index (Phi) is 6.87. The third-order valence-electron chi connectivity index (χ3n) is 5.53. The van der Waals surface area contributed by atoms with Crippen LogP contribution >= 0.6 is 0 Å². The molecule has 1 atom stereocenters. The van der Waals surface area contributed by atoms with Crippen LogP contribution in [-0.4, -0.2) is 44.4 Å². The standard InChI is InChI=1S/C22H19FN4O9/c1-12(28)35-11-36-21(30)14-8-17(27(32)33)15(19-13(14)4-2-6-24-19)9-26-20(29)16(23)10-25(22(26)31)18-5-3-7-34-18/h2,4,6,8,10,18H,3,5,7,9,11H2,1H3. The van der Waals surface area contributed by atoms with Crippen molar-refractivity contribution in [2.45, 2.75) is 32.5 Å². The van der Waals surface area contributed by atoms with E-state index in [9.17, 15) is 33.7 Å². The maximum Gasteiger partial charge on any atom is 0.341 e. The van der Waals surface area contributed by atoms with Crippen LogP contribution in [0.25, 0.3) is 10.9 Å². The van der Waals surface area contributed by atoms with Gasteiger partial charge in [-0.15, -0.1) is 0 Å². The number of fused-ring (bicyclic) bond motifs is 1. The Balaban J connectivity index is 1.86. The molecular formula is C22H19FN4O9. The Morgan fingerprint density at radius 1 is 1.33 bits per heavy atom. The Morgan fingerprint density at radius 2 is 2.11 bits per heavy atom. The van der Waals surface area contributed by atoms with Crippen molar-refractivity contribution >= 4 is 28.5 Å². The molecule has 3 heterocycles. The zero-order valence-corrected chi connectivity index (χ0v) is 18.8. The number of esters is 2. The van der Waals surface area contributed by atoms with Crippen molar-refractivity contribution in [2.75, 3.05) is 13.4 Å². The summed E-state index contributed by atoms with van der Waals surface area (Å²) in [5.41, 5.74) is -3.39. The first-order chi connectivity index (χ1) is 17.2. The third kappa shape index (κ3) is 4.70. The van der Waals surface area contributed by atoms with Gasteiger partial charge in [-0.05, 0) is 18.9 Å². The summed E-state index contributed by atoms with van der Waals surface area (Å²) in [6, 6.07) is 3.79. The highest BCUT2D eigenvalue weighted by atomic mass is 19.1. The van der Waals surface area contributed by atoms with Gasteiger partial charge >= 0.3 is 17.6 Å². The second-order valence-electron chi connectivity index (χ2n) is 7.79. The van der Waals surface area contributed by atoms with Crippen molar-refractivity contribution in [3.05, 3.63) is 78.5 Å². The molecule has 0 saturated carbocycles. The molecule has 1 aliphatic rings. The molecule has 1 aromatic carbocycles. The third-order valence-corrected chi connectivity index (χ3v) is 5.53. The Hall–Kier alpha value is -4.46. The highest BCUT2D eigenvalue weighted by Gasteiger charge is 2.28. The number of ether oxygens (including phenoxy) is 3. The molecule has 1 saturated heterocycles. The summed E-state index contributed by atoms with van der Waals surface area (Å²) in [5, 5.41) is 12.0. The van der Waals surface area contributed by atoms with E-state index in [1.54, 1.807) is 0 Å². The lowest BCUT2D eigenvalue weighted by Gasteiger charge is -2.16. The molecule has 0 aliphatic carbocycles. The monoisotopic (exact) mass is 502 g/mol. The van der Waals surface area contributed by atoms with E-state index >= 15 is 0 Å². The molecule has 0 bridgehead atoms. The SMILES string of the molecule is CC(=O)OCOC(=O)c1cc([N+](=O)[O-])c(Cn2c(=O)c(F)cn(C3CCCO3)c2=O)c2ncccc12. The summed E-state index contributed by atoms with van der Waals surface area (Å²) in [4.78, 5) is 64.4. The number of carbonyl (C=O) groups excluding carboxylic acids is 2. The maximum atomic E-state index is 14.5. The second kappa shape index (κ2) is 10.0. The average Bonchev–Trinajstić information content (AvgIpc) is 3.38. The average molecular weight is 502 g/mol. The number of halogens is 1. The molecule has 0 amide bonds. The van der Waals surface area contributed by atoms with Crippen LogP contribution < -0.4 is 11.2 Å². The molecule has 3 aromatic rings. The minimum atomic E-state index is -1.28. The van der Waals surface area contributed by atoms with Gasteiger partial charge in [0.15, 0.2) is 0 Å². The lowest BCUT2D eigenvalue weighted by molar-refractivity contribution is -0.385. The summed E-state index contributed by atoms with van der Waals surface area (Å²) in [6.07, 6.45) is 2.32.